The van der Waals surface area contributed by atoms with E-state index in [1.807, 2.05) is 0 Å². The van der Waals surface area contributed by atoms with Crippen LogP contribution < -0.4 is 0 Å². The van der Waals surface area contributed by atoms with E-state index < -0.39 is 0 Å². The molecule has 2 aliphatic rings. The van der Waals surface area contributed by atoms with Crippen molar-refractivity contribution in [3.63, 3.8) is 0 Å². The van der Waals surface area contributed by atoms with Gasteiger partial charge in [0.25, 0.3) is 0 Å². The van der Waals surface area contributed by atoms with Crippen LogP contribution in [0.15, 0.2) is 0 Å². The number of nitrogens with zero attached hydrogens (tertiary/aromatic N) is 1. The molecule has 0 amide bonds. The fraction of sp³-hybridized carbons (Fsp3) is 1.00. The molecule has 0 N–H and O–H groups in total. The lowest BCUT2D eigenvalue weighted by Gasteiger charge is -2.36. The molecule has 1 saturated heterocycles. The van der Waals surface area contributed by atoms with E-state index in [0.29, 0.717) is 0 Å². The van der Waals surface area contributed by atoms with E-state index in [9.17, 15) is 0 Å². The summed E-state index contributed by atoms with van der Waals surface area (Å²) in [6.07, 6.45) is 8.90. The first kappa shape index (κ1) is 11.4. The Bertz CT molecular complexity index is 180. The highest BCUT2D eigenvalue weighted by atomic mass is 15.1. The minimum Gasteiger partial charge on any atom is -0.303 e. The molecule has 1 aliphatic heterocycles. The third-order valence-electron chi connectivity index (χ3n) is 4.48. The first-order valence-electron chi connectivity index (χ1n) is 6.98. The van der Waals surface area contributed by atoms with Crippen molar-refractivity contribution in [2.45, 2.75) is 52.4 Å². The molecule has 1 heteroatoms. The Morgan fingerprint density at radius 2 is 1.80 bits per heavy atom. The Balaban J connectivity index is 1.76. The molecular formula is C14H27N. The Morgan fingerprint density at radius 1 is 1.07 bits per heavy atom. The molecule has 0 bridgehead atoms. The van der Waals surface area contributed by atoms with Gasteiger partial charge in [0.15, 0.2) is 0 Å². The second kappa shape index (κ2) is 5.34. The van der Waals surface area contributed by atoms with Gasteiger partial charge in [-0.3, -0.25) is 0 Å². The number of hydrogen-bond acceptors (Lipinski definition) is 1. The summed E-state index contributed by atoms with van der Waals surface area (Å²) in [6.45, 7) is 8.95. The first-order valence-corrected chi connectivity index (χ1v) is 6.98. The molecule has 2 rings (SSSR count). The van der Waals surface area contributed by atoms with E-state index in [4.69, 9.17) is 0 Å². The zero-order valence-corrected chi connectivity index (χ0v) is 10.5. The van der Waals surface area contributed by atoms with Crippen LogP contribution in [0, 0.1) is 17.8 Å². The predicted octanol–water partition coefficient (Wildman–Crippen LogP) is 3.54. The molecule has 1 aliphatic carbocycles. The largest absolute Gasteiger partial charge is 0.303 e. The molecule has 0 aromatic carbocycles. The number of piperidine rings is 1. The fourth-order valence-corrected chi connectivity index (χ4v) is 3.36. The van der Waals surface area contributed by atoms with E-state index >= 15 is 0 Å². The van der Waals surface area contributed by atoms with Gasteiger partial charge in [0.05, 0.1) is 0 Å². The van der Waals surface area contributed by atoms with Gasteiger partial charge in [0, 0.05) is 13.1 Å². The van der Waals surface area contributed by atoms with Crippen molar-refractivity contribution in [1.82, 2.24) is 4.90 Å². The molecule has 88 valence electrons. The molecule has 15 heavy (non-hydrogen) atoms. The Labute approximate surface area is 95.2 Å². The topological polar surface area (TPSA) is 3.24 Å². The first-order chi connectivity index (χ1) is 7.25. The molecular weight excluding hydrogens is 182 g/mol. The average molecular weight is 209 g/mol. The van der Waals surface area contributed by atoms with Crippen molar-refractivity contribution < 1.29 is 0 Å². The van der Waals surface area contributed by atoms with Crippen LogP contribution in [-0.2, 0) is 0 Å². The van der Waals surface area contributed by atoms with Gasteiger partial charge in [0.1, 0.15) is 0 Å². The highest BCUT2D eigenvalue weighted by Gasteiger charge is 2.25. The zero-order chi connectivity index (χ0) is 10.7. The molecule has 2 fully saturated rings. The van der Waals surface area contributed by atoms with Crippen LogP contribution >= 0.6 is 0 Å². The van der Waals surface area contributed by atoms with E-state index in [2.05, 4.69) is 18.7 Å². The molecule has 1 atom stereocenters. The minimum atomic E-state index is 0.886. The van der Waals surface area contributed by atoms with Crippen molar-refractivity contribution in [3.05, 3.63) is 0 Å². The second-order valence-electron chi connectivity index (χ2n) is 6.06. The van der Waals surface area contributed by atoms with Gasteiger partial charge in [-0.25, -0.2) is 0 Å². The maximum Gasteiger partial charge on any atom is 0.00122 e. The summed E-state index contributed by atoms with van der Waals surface area (Å²) in [5.41, 5.74) is 0. The predicted molar refractivity (Wildman–Crippen MR) is 66.0 cm³/mol. The number of hydrogen-bond donors (Lipinski definition) is 0. The Hall–Kier alpha value is -0.0400. The van der Waals surface area contributed by atoms with E-state index in [1.54, 1.807) is 0 Å². The summed E-state index contributed by atoms with van der Waals surface area (Å²) >= 11 is 0. The van der Waals surface area contributed by atoms with E-state index in [0.717, 1.165) is 17.8 Å². The number of likely N-dealkylation sites (tertiary alicyclic amines) is 1. The lowest BCUT2D eigenvalue weighted by molar-refractivity contribution is 0.128. The van der Waals surface area contributed by atoms with Gasteiger partial charge in [-0.1, -0.05) is 26.7 Å². The van der Waals surface area contributed by atoms with Gasteiger partial charge in [-0.15, -0.1) is 0 Å². The zero-order valence-electron chi connectivity index (χ0n) is 10.5. The molecule has 1 heterocycles. The van der Waals surface area contributed by atoms with Crippen LogP contribution in [0.5, 0.6) is 0 Å². The lowest BCUT2D eigenvalue weighted by Crippen LogP contribution is -2.39. The van der Waals surface area contributed by atoms with Crippen molar-refractivity contribution in [2.24, 2.45) is 17.8 Å². The standard InChI is InChI=1S/C14H27N/c1-12(2)14-8-5-9-15(11-14)10-13-6-3-4-7-13/h12-14H,3-11H2,1-2H3. The van der Waals surface area contributed by atoms with Gasteiger partial charge in [0.2, 0.25) is 0 Å². The maximum absolute atomic E-state index is 2.75. The molecule has 0 spiro atoms. The highest BCUT2D eigenvalue weighted by Crippen LogP contribution is 2.29. The Kier molecular flexibility index (Phi) is 4.07. The summed E-state index contributed by atoms with van der Waals surface area (Å²) in [5.74, 6) is 2.90. The minimum absolute atomic E-state index is 0.886. The SMILES string of the molecule is CC(C)C1CCCN(CC2CCCC2)C1. The van der Waals surface area contributed by atoms with Crippen molar-refractivity contribution >= 4 is 0 Å². The van der Waals surface area contributed by atoms with Crippen LogP contribution in [0.3, 0.4) is 0 Å². The van der Waals surface area contributed by atoms with Crippen LogP contribution in [0.1, 0.15) is 52.4 Å². The summed E-state index contributed by atoms with van der Waals surface area (Å²) in [6, 6.07) is 0. The Morgan fingerprint density at radius 3 is 2.47 bits per heavy atom. The van der Waals surface area contributed by atoms with Crippen molar-refractivity contribution in [3.8, 4) is 0 Å². The fourth-order valence-electron chi connectivity index (χ4n) is 3.36. The molecule has 0 radical (unpaired) electrons. The van der Waals surface area contributed by atoms with Crippen LogP contribution in [0.2, 0.25) is 0 Å². The summed E-state index contributed by atoms with van der Waals surface area (Å²) in [7, 11) is 0. The third-order valence-corrected chi connectivity index (χ3v) is 4.48. The molecule has 1 unspecified atom stereocenters. The quantitative estimate of drug-likeness (QED) is 0.687. The smallest absolute Gasteiger partial charge is 0.00122 e. The summed E-state index contributed by atoms with van der Waals surface area (Å²) in [4.78, 5) is 2.75. The normalized spacial score (nSPS) is 30.2. The molecule has 0 aromatic rings. The monoisotopic (exact) mass is 209 g/mol. The van der Waals surface area contributed by atoms with Crippen LogP contribution in [0.4, 0.5) is 0 Å². The van der Waals surface area contributed by atoms with E-state index in [1.165, 1.54) is 58.2 Å². The van der Waals surface area contributed by atoms with Crippen molar-refractivity contribution in [2.75, 3.05) is 19.6 Å². The van der Waals surface area contributed by atoms with E-state index in [-0.39, 0.29) is 0 Å². The molecule has 1 saturated carbocycles. The highest BCUT2D eigenvalue weighted by molar-refractivity contribution is 4.78. The van der Waals surface area contributed by atoms with Gasteiger partial charge < -0.3 is 4.90 Å². The van der Waals surface area contributed by atoms with Gasteiger partial charge >= 0.3 is 0 Å². The molecule has 0 aromatic heterocycles. The molecule has 1 nitrogen and oxygen atoms in total. The van der Waals surface area contributed by atoms with Crippen LogP contribution in [-0.4, -0.2) is 24.5 Å². The van der Waals surface area contributed by atoms with Gasteiger partial charge in [-0.2, -0.15) is 0 Å². The lowest BCUT2D eigenvalue weighted by atomic mass is 9.87. The maximum atomic E-state index is 2.75. The summed E-state index contributed by atoms with van der Waals surface area (Å²) < 4.78 is 0. The average Bonchev–Trinajstić information content (AvgIpc) is 2.71. The van der Waals surface area contributed by atoms with Crippen molar-refractivity contribution in [1.29, 1.82) is 0 Å². The summed E-state index contributed by atoms with van der Waals surface area (Å²) in [5, 5.41) is 0. The number of rotatable bonds is 3. The van der Waals surface area contributed by atoms with Crippen LogP contribution in [0.25, 0.3) is 0 Å². The van der Waals surface area contributed by atoms with Gasteiger partial charge in [-0.05, 0) is 50.0 Å². The second-order valence-corrected chi connectivity index (χ2v) is 6.06. The third kappa shape index (κ3) is 3.21.